The molecular formula is C22H25ClN2O2. The van der Waals surface area contributed by atoms with Crippen molar-refractivity contribution in [1.29, 1.82) is 0 Å². The van der Waals surface area contributed by atoms with Crippen molar-refractivity contribution < 1.29 is 9.59 Å². The largest absolute Gasteiger partial charge is 0.342 e. The first-order valence-corrected chi connectivity index (χ1v) is 9.73. The molecule has 4 nitrogen and oxygen atoms in total. The molecule has 1 heterocycles. The highest BCUT2D eigenvalue weighted by Crippen LogP contribution is 2.22. The number of rotatable bonds is 6. The van der Waals surface area contributed by atoms with E-state index in [1.165, 1.54) is 5.56 Å². The van der Waals surface area contributed by atoms with Gasteiger partial charge in [-0.15, -0.1) is 0 Å². The van der Waals surface area contributed by atoms with Crippen molar-refractivity contribution >= 4 is 29.1 Å². The molecule has 0 bridgehead atoms. The lowest BCUT2D eigenvalue weighted by atomic mass is 10.0. The van der Waals surface area contributed by atoms with Crippen LogP contribution in [0.1, 0.15) is 37.3 Å². The van der Waals surface area contributed by atoms with Crippen molar-refractivity contribution in [2.45, 2.75) is 32.6 Å². The van der Waals surface area contributed by atoms with Crippen LogP contribution in [0.5, 0.6) is 0 Å². The second-order valence-electron chi connectivity index (χ2n) is 7.38. The molecule has 3 rings (SSSR count). The lowest BCUT2D eigenvalue weighted by Crippen LogP contribution is -2.30. The molecule has 1 N–H and O–H groups in total. The molecule has 2 aromatic rings. The van der Waals surface area contributed by atoms with Crippen LogP contribution in [0.3, 0.4) is 0 Å². The molecular weight excluding hydrogens is 360 g/mol. The summed E-state index contributed by atoms with van der Waals surface area (Å²) in [6.45, 7) is 5.36. The molecule has 1 saturated heterocycles. The predicted molar refractivity (Wildman–Crippen MR) is 109 cm³/mol. The Labute approximate surface area is 165 Å². The number of carbonyl (C=O) groups is 2. The highest BCUT2D eigenvalue weighted by molar-refractivity contribution is 6.30. The summed E-state index contributed by atoms with van der Waals surface area (Å²) in [6.07, 6.45) is 1.03. The monoisotopic (exact) mass is 384 g/mol. The van der Waals surface area contributed by atoms with Gasteiger partial charge in [0, 0.05) is 30.2 Å². The zero-order valence-corrected chi connectivity index (χ0v) is 16.5. The fraction of sp³-hybridized carbons (Fsp3) is 0.364. The maximum atomic E-state index is 12.5. The third kappa shape index (κ3) is 5.10. The summed E-state index contributed by atoms with van der Waals surface area (Å²) in [4.78, 5) is 26.6. The number of nitrogens with zero attached hydrogens (tertiary/aromatic N) is 1. The second kappa shape index (κ2) is 8.57. The first-order chi connectivity index (χ1) is 12.9. The van der Waals surface area contributed by atoms with Gasteiger partial charge >= 0.3 is 0 Å². The third-order valence-electron chi connectivity index (χ3n) is 5.01. The van der Waals surface area contributed by atoms with Crippen LogP contribution < -0.4 is 5.32 Å². The number of carbonyl (C=O) groups excluding carboxylic acids is 2. The molecule has 142 valence electrons. The Morgan fingerprint density at radius 1 is 1.15 bits per heavy atom. The standard InChI is InChI=1S/C22H25ClN2O2/c1-15(2)17-5-9-20(10-6-17)24-22(27)18-13-21(26)25(14-18)12-11-16-3-7-19(23)8-4-16/h3-10,15,18H,11-14H2,1-2H3,(H,24,27). The van der Waals surface area contributed by atoms with Crippen LogP contribution in [0.4, 0.5) is 5.69 Å². The van der Waals surface area contributed by atoms with E-state index in [0.717, 1.165) is 17.7 Å². The number of likely N-dealkylation sites (tertiary alicyclic amines) is 1. The molecule has 5 heteroatoms. The lowest BCUT2D eigenvalue weighted by Gasteiger charge is -2.17. The van der Waals surface area contributed by atoms with Gasteiger partial charge in [0.2, 0.25) is 11.8 Å². The van der Waals surface area contributed by atoms with E-state index in [4.69, 9.17) is 11.6 Å². The molecule has 0 spiro atoms. The molecule has 0 aliphatic carbocycles. The van der Waals surface area contributed by atoms with E-state index in [9.17, 15) is 9.59 Å². The van der Waals surface area contributed by atoms with Gasteiger partial charge in [-0.05, 0) is 47.7 Å². The first-order valence-electron chi connectivity index (χ1n) is 9.35. The smallest absolute Gasteiger partial charge is 0.229 e. The molecule has 1 unspecified atom stereocenters. The summed E-state index contributed by atoms with van der Waals surface area (Å²) < 4.78 is 0. The van der Waals surface area contributed by atoms with E-state index in [0.29, 0.717) is 24.0 Å². The normalized spacial score (nSPS) is 16.8. The summed E-state index contributed by atoms with van der Waals surface area (Å²) in [6, 6.07) is 15.5. The molecule has 0 saturated carbocycles. The molecule has 1 atom stereocenters. The van der Waals surface area contributed by atoms with Crippen LogP contribution >= 0.6 is 11.6 Å². The average Bonchev–Trinajstić information content (AvgIpc) is 3.03. The number of hydrogen-bond donors (Lipinski definition) is 1. The summed E-state index contributed by atoms with van der Waals surface area (Å²) in [5, 5.41) is 3.64. The topological polar surface area (TPSA) is 49.4 Å². The summed E-state index contributed by atoms with van der Waals surface area (Å²) in [5.74, 6) is 0.109. The van der Waals surface area contributed by atoms with Crippen LogP contribution in [-0.4, -0.2) is 29.8 Å². The molecule has 2 amide bonds. The van der Waals surface area contributed by atoms with E-state index in [1.807, 2.05) is 48.5 Å². The summed E-state index contributed by atoms with van der Waals surface area (Å²) >= 11 is 5.90. The van der Waals surface area contributed by atoms with Crippen molar-refractivity contribution in [2.24, 2.45) is 5.92 Å². The van der Waals surface area contributed by atoms with Gasteiger partial charge in [0.15, 0.2) is 0 Å². The minimum Gasteiger partial charge on any atom is -0.342 e. The number of nitrogens with one attached hydrogen (secondary N) is 1. The molecule has 2 aromatic carbocycles. The van der Waals surface area contributed by atoms with Crippen molar-refractivity contribution in [3.63, 3.8) is 0 Å². The third-order valence-corrected chi connectivity index (χ3v) is 5.27. The van der Waals surface area contributed by atoms with Crippen LogP contribution in [0.25, 0.3) is 0 Å². The van der Waals surface area contributed by atoms with E-state index in [2.05, 4.69) is 19.2 Å². The summed E-state index contributed by atoms with van der Waals surface area (Å²) in [5.41, 5.74) is 3.14. The van der Waals surface area contributed by atoms with Gasteiger partial charge in [-0.25, -0.2) is 0 Å². The molecule has 1 aliphatic rings. The van der Waals surface area contributed by atoms with Gasteiger partial charge < -0.3 is 10.2 Å². The molecule has 27 heavy (non-hydrogen) atoms. The number of hydrogen-bond acceptors (Lipinski definition) is 2. The van der Waals surface area contributed by atoms with Crippen molar-refractivity contribution in [2.75, 3.05) is 18.4 Å². The first kappa shape index (κ1) is 19.4. The van der Waals surface area contributed by atoms with Crippen molar-refractivity contribution in [3.8, 4) is 0 Å². The van der Waals surface area contributed by atoms with E-state index >= 15 is 0 Å². The Balaban J connectivity index is 1.52. The lowest BCUT2D eigenvalue weighted by molar-refractivity contribution is -0.128. The van der Waals surface area contributed by atoms with Gasteiger partial charge in [-0.2, -0.15) is 0 Å². The van der Waals surface area contributed by atoms with E-state index in [-0.39, 0.29) is 24.2 Å². The zero-order chi connectivity index (χ0) is 19.4. The number of halogens is 1. The minimum absolute atomic E-state index is 0.0410. The van der Waals surface area contributed by atoms with Crippen LogP contribution in [0, 0.1) is 5.92 Å². The Kier molecular flexibility index (Phi) is 6.17. The quantitative estimate of drug-likeness (QED) is 0.797. The Morgan fingerprint density at radius 3 is 2.44 bits per heavy atom. The number of anilines is 1. The van der Waals surface area contributed by atoms with Gasteiger partial charge in [0.25, 0.3) is 0 Å². The minimum atomic E-state index is -0.299. The SMILES string of the molecule is CC(C)c1ccc(NC(=O)C2CC(=O)N(CCc3ccc(Cl)cc3)C2)cc1. The Bertz CT molecular complexity index is 800. The fourth-order valence-electron chi connectivity index (χ4n) is 3.27. The van der Waals surface area contributed by atoms with E-state index < -0.39 is 0 Å². The molecule has 1 aliphatic heterocycles. The maximum absolute atomic E-state index is 12.5. The highest BCUT2D eigenvalue weighted by Gasteiger charge is 2.34. The van der Waals surface area contributed by atoms with Crippen LogP contribution in [-0.2, 0) is 16.0 Å². The van der Waals surface area contributed by atoms with Gasteiger partial charge in [-0.3, -0.25) is 9.59 Å². The van der Waals surface area contributed by atoms with Gasteiger partial charge in [0.1, 0.15) is 0 Å². The number of benzene rings is 2. The number of amides is 2. The Hall–Kier alpha value is -2.33. The van der Waals surface area contributed by atoms with Gasteiger partial charge in [0.05, 0.1) is 5.92 Å². The predicted octanol–water partition coefficient (Wildman–Crippen LogP) is 4.49. The fourth-order valence-corrected chi connectivity index (χ4v) is 3.40. The van der Waals surface area contributed by atoms with Crippen LogP contribution in [0.2, 0.25) is 5.02 Å². The molecule has 0 aromatic heterocycles. The maximum Gasteiger partial charge on any atom is 0.229 e. The van der Waals surface area contributed by atoms with Crippen molar-refractivity contribution in [1.82, 2.24) is 4.90 Å². The van der Waals surface area contributed by atoms with E-state index in [1.54, 1.807) is 4.90 Å². The van der Waals surface area contributed by atoms with Crippen molar-refractivity contribution in [3.05, 3.63) is 64.7 Å². The second-order valence-corrected chi connectivity index (χ2v) is 7.82. The van der Waals surface area contributed by atoms with Crippen LogP contribution in [0.15, 0.2) is 48.5 Å². The zero-order valence-electron chi connectivity index (χ0n) is 15.7. The average molecular weight is 385 g/mol. The van der Waals surface area contributed by atoms with Gasteiger partial charge in [-0.1, -0.05) is 49.7 Å². The highest BCUT2D eigenvalue weighted by atomic mass is 35.5. The molecule has 1 fully saturated rings. The molecule has 0 radical (unpaired) electrons. The Morgan fingerprint density at radius 2 is 1.81 bits per heavy atom. The summed E-state index contributed by atoms with van der Waals surface area (Å²) in [7, 11) is 0.